The molecule has 0 atom stereocenters. The van der Waals surface area contributed by atoms with Crippen LogP contribution in [0.3, 0.4) is 0 Å². The number of hydrogen-bond donors (Lipinski definition) is 1. The molecule has 0 aliphatic heterocycles. The van der Waals surface area contributed by atoms with Gasteiger partial charge in [-0.15, -0.1) is 0 Å². The van der Waals surface area contributed by atoms with Crippen LogP contribution in [0.15, 0.2) is 0 Å². The third-order valence-corrected chi connectivity index (χ3v) is 0.494. The van der Waals surface area contributed by atoms with Crippen LogP contribution in [-0.4, -0.2) is 11.1 Å². The van der Waals surface area contributed by atoms with Crippen molar-refractivity contribution in [2.75, 3.05) is 0 Å². The van der Waals surface area contributed by atoms with Crippen molar-refractivity contribution < 1.29 is 27.0 Å². The first-order chi connectivity index (χ1) is 2.64. The Balaban J connectivity index is 0. The molecular weight excluding hydrogens is 136 g/mol. The topological polar surface area (TPSA) is 37.3 Å². The summed E-state index contributed by atoms with van der Waals surface area (Å²) in [4.78, 5) is 9.70. The molecule has 0 amide bonds. The van der Waals surface area contributed by atoms with E-state index in [-0.39, 0.29) is 23.0 Å². The summed E-state index contributed by atoms with van der Waals surface area (Å²) in [5, 5.41) is 7.99. The number of carbonyl (C=O) groups is 1. The Morgan fingerprint density at radius 3 is 1.71 bits per heavy atom. The van der Waals surface area contributed by atoms with Gasteiger partial charge in [0.25, 0.3) is 0 Å². The summed E-state index contributed by atoms with van der Waals surface area (Å²) in [6.45, 7) is 3.28. The summed E-state index contributed by atoms with van der Waals surface area (Å²) in [7, 11) is 0. The minimum Gasteiger partial charge on any atom is -0.481 e. The predicted molar refractivity (Wildman–Crippen MR) is 22.5 cm³/mol. The second-order valence-corrected chi connectivity index (χ2v) is 1.49. The monoisotopic (exact) mass is 144 g/mol. The van der Waals surface area contributed by atoms with E-state index in [1.807, 2.05) is 0 Å². The molecule has 1 N–H and O–H groups in total. The summed E-state index contributed by atoms with van der Waals surface area (Å²) >= 11 is 0. The van der Waals surface area contributed by atoms with Crippen LogP contribution in [0.4, 0.5) is 0 Å². The minimum absolute atomic E-state index is 0. The van der Waals surface area contributed by atoms with Gasteiger partial charge in [-0.2, -0.15) is 0 Å². The molecule has 2 nitrogen and oxygen atoms in total. The molecule has 0 aromatic rings. The van der Waals surface area contributed by atoms with Crippen molar-refractivity contribution in [2.45, 2.75) is 13.8 Å². The molecule has 3 heteroatoms. The SMILES string of the molecule is CC(C)C(=O)O.[Fe]. The van der Waals surface area contributed by atoms with E-state index in [1.165, 1.54) is 0 Å². The third-order valence-electron chi connectivity index (χ3n) is 0.494. The maximum atomic E-state index is 9.70. The zero-order valence-corrected chi connectivity index (χ0v) is 5.39. The van der Waals surface area contributed by atoms with Gasteiger partial charge in [0.1, 0.15) is 0 Å². The van der Waals surface area contributed by atoms with E-state index >= 15 is 0 Å². The summed E-state index contributed by atoms with van der Waals surface area (Å²) in [6, 6.07) is 0. The molecule has 0 aliphatic rings. The van der Waals surface area contributed by atoms with Crippen molar-refractivity contribution in [3.63, 3.8) is 0 Å². The van der Waals surface area contributed by atoms with Crippen LogP contribution >= 0.6 is 0 Å². The molecule has 0 aromatic carbocycles. The Morgan fingerprint density at radius 1 is 1.57 bits per heavy atom. The van der Waals surface area contributed by atoms with E-state index < -0.39 is 5.97 Å². The zero-order valence-electron chi connectivity index (χ0n) is 4.29. The number of carboxylic acids is 1. The van der Waals surface area contributed by atoms with Gasteiger partial charge >= 0.3 is 5.97 Å². The van der Waals surface area contributed by atoms with Crippen LogP contribution in [-0.2, 0) is 21.9 Å². The van der Waals surface area contributed by atoms with Gasteiger partial charge in [-0.3, -0.25) is 4.79 Å². The van der Waals surface area contributed by atoms with Crippen molar-refractivity contribution in [3.05, 3.63) is 0 Å². The van der Waals surface area contributed by atoms with Crippen molar-refractivity contribution in [2.24, 2.45) is 5.92 Å². The molecule has 0 saturated carbocycles. The van der Waals surface area contributed by atoms with Crippen LogP contribution in [0.25, 0.3) is 0 Å². The second-order valence-electron chi connectivity index (χ2n) is 1.49. The van der Waals surface area contributed by atoms with Crippen LogP contribution in [0.2, 0.25) is 0 Å². The molecule has 0 unspecified atom stereocenters. The van der Waals surface area contributed by atoms with Gasteiger partial charge in [0.05, 0.1) is 5.92 Å². The molecule has 0 fully saturated rings. The molecule has 0 bridgehead atoms. The van der Waals surface area contributed by atoms with Crippen LogP contribution in [0.1, 0.15) is 13.8 Å². The predicted octanol–water partition coefficient (Wildman–Crippen LogP) is 0.724. The first-order valence-electron chi connectivity index (χ1n) is 1.87. The molecule has 0 heterocycles. The molecular formula is C4H8FeO2. The first-order valence-corrected chi connectivity index (χ1v) is 1.87. The standard InChI is InChI=1S/C4H8O2.Fe/c1-3(2)4(5)6;/h3H,1-2H3,(H,5,6);. The van der Waals surface area contributed by atoms with E-state index in [1.54, 1.807) is 13.8 Å². The van der Waals surface area contributed by atoms with Crippen LogP contribution < -0.4 is 0 Å². The Morgan fingerprint density at radius 2 is 1.71 bits per heavy atom. The number of hydrogen-bond acceptors (Lipinski definition) is 1. The van der Waals surface area contributed by atoms with Crippen molar-refractivity contribution >= 4 is 5.97 Å². The molecule has 0 saturated heterocycles. The van der Waals surface area contributed by atoms with Crippen molar-refractivity contribution in [1.82, 2.24) is 0 Å². The fraction of sp³-hybridized carbons (Fsp3) is 0.750. The molecule has 0 aromatic heterocycles. The summed E-state index contributed by atoms with van der Waals surface area (Å²) < 4.78 is 0. The average molecular weight is 144 g/mol. The Hall–Kier alpha value is -0.0105. The molecule has 0 spiro atoms. The van der Waals surface area contributed by atoms with Gasteiger partial charge < -0.3 is 5.11 Å². The molecule has 7 heavy (non-hydrogen) atoms. The summed E-state index contributed by atoms with van der Waals surface area (Å²) in [5.41, 5.74) is 0. The van der Waals surface area contributed by atoms with Crippen LogP contribution in [0, 0.1) is 5.92 Å². The van der Waals surface area contributed by atoms with E-state index in [2.05, 4.69) is 0 Å². The van der Waals surface area contributed by atoms with E-state index in [9.17, 15) is 4.79 Å². The maximum Gasteiger partial charge on any atom is 0.305 e. The maximum absolute atomic E-state index is 9.70. The number of aliphatic carboxylic acids is 1. The summed E-state index contributed by atoms with van der Waals surface area (Å²) in [6.07, 6.45) is 0. The van der Waals surface area contributed by atoms with Gasteiger partial charge in [-0.05, 0) is 0 Å². The fourth-order valence-corrected chi connectivity index (χ4v) is 0. The molecule has 0 rings (SSSR count). The van der Waals surface area contributed by atoms with Crippen molar-refractivity contribution in [1.29, 1.82) is 0 Å². The van der Waals surface area contributed by atoms with Crippen molar-refractivity contribution in [3.8, 4) is 0 Å². The molecule has 0 aliphatic carbocycles. The largest absolute Gasteiger partial charge is 0.481 e. The Bertz CT molecular complexity index is 60.7. The Kier molecular flexibility index (Phi) is 5.98. The van der Waals surface area contributed by atoms with E-state index in [0.717, 1.165) is 0 Å². The van der Waals surface area contributed by atoms with E-state index in [0.29, 0.717) is 0 Å². The Labute approximate surface area is 53.4 Å². The normalized spacial score (nSPS) is 7.86. The van der Waals surface area contributed by atoms with Gasteiger partial charge in [0.15, 0.2) is 0 Å². The number of carboxylic acid groups (broad SMARTS) is 1. The second kappa shape index (κ2) is 4.16. The van der Waals surface area contributed by atoms with Gasteiger partial charge in [0.2, 0.25) is 0 Å². The summed E-state index contributed by atoms with van der Waals surface area (Å²) in [5.74, 6) is -0.972. The average Bonchev–Trinajstić information content (AvgIpc) is 1.36. The third kappa shape index (κ3) is 5.99. The van der Waals surface area contributed by atoms with Crippen LogP contribution in [0.5, 0.6) is 0 Å². The molecule has 0 radical (unpaired) electrons. The fourth-order valence-electron chi connectivity index (χ4n) is 0. The molecule has 44 valence electrons. The van der Waals surface area contributed by atoms with E-state index in [4.69, 9.17) is 5.11 Å². The quantitative estimate of drug-likeness (QED) is 0.550. The van der Waals surface area contributed by atoms with Gasteiger partial charge in [-0.25, -0.2) is 0 Å². The smallest absolute Gasteiger partial charge is 0.305 e. The number of rotatable bonds is 1. The first kappa shape index (κ1) is 10.1. The minimum atomic E-state index is -0.741. The van der Waals surface area contributed by atoms with Gasteiger partial charge in [0, 0.05) is 17.1 Å². The zero-order chi connectivity index (χ0) is 5.15. The van der Waals surface area contributed by atoms with Gasteiger partial charge in [-0.1, -0.05) is 13.8 Å².